The van der Waals surface area contributed by atoms with Gasteiger partial charge < -0.3 is 10.4 Å². The number of aromatic carboxylic acids is 1. The third-order valence-corrected chi connectivity index (χ3v) is 3.65. The second kappa shape index (κ2) is 6.04. The highest BCUT2D eigenvalue weighted by atomic mass is 16.4. The van der Waals surface area contributed by atoms with Crippen LogP contribution >= 0.6 is 0 Å². The first-order valence-electron chi connectivity index (χ1n) is 7.13. The zero-order chi connectivity index (χ0) is 13.8. The summed E-state index contributed by atoms with van der Waals surface area (Å²) in [4.78, 5) is 15.6. The van der Waals surface area contributed by atoms with Crippen molar-refractivity contribution in [2.24, 2.45) is 5.92 Å². The van der Waals surface area contributed by atoms with Gasteiger partial charge in [0.1, 0.15) is 5.82 Å². The molecular weight excluding hydrogens is 240 g/mol. The average Bonchev–Trinajstić information content (AvgIpc) is 3.21. The lowest BCUT2D eigenvalue weighted by Gasteiger charge is -2.18. The van der Waals surface area contributed by atoms with Crippen LogP contribution in [0.1, 0.15) is 55.6 Å². The van der Waals surface area contributed by atoms with Crippen LogP contribution in [0.3, 0.4) is 0 Å². The summed E-state index contributed by atoms with van der Waals surface area (Å²) in [5.74, 6) is 0.658. The van der Waals surface area contributed by atoms with Crippen LogP contribution in [-0.4, -0.2) is 22.1 Å². The van der Waals surface area contributed by atoms with E-state index < -0.39 is 5.97 Å². The van der Waals surface area contributed by atoms with Crippen LogP contribution < -0.4 is 5.32 Å². The lowest BCUT2D eigenvalue weighted by molar-refractivity contribution is 0.0696. The zero-order valence-electron chi connectivity index (χ0n) is 11.6. The van der Waals surface area contributed by atoms with Crippen molar-refractivity contribution < 1.29 is 9.90 Å². The van der Waals surface area contributed by atoms with Gasteiger partial charge in [-0.15, -0.1) is 0 Å². The Kier molecular flexibility index (Phi) is 4.40. The molecule has 19 heavy (non-hydrogen) atoms. The van der Waals surface area contributed by atoms with Crippen LogP contribution in [0.25, 0.3) is 0 Å². The molecule has 0 saturated heterocycles. The molecule has 0 aromatic carbocycles. The number of hydrogen-bond acceptors (Lipinski definition) is 3. The minimum absolute atomic E-state index is 0.315. The van der Waals surface area contributed by atoms with Crippen LogP contribution in [0.15, 0.2) is 12.1 Å². The third-order valence-electron chi connectivity index (χ3n) is 3.65. The van der Waals surface area contributed by atoms with Crippen molar-refractivity contribution >= 4 is 11.8 Å². The van der Waals surface area contributed by atoms with E-state index in [0.29, 0.717) is 17.4 Å². The van der Waals surface area contributed by atoms with Gasteiger partial charge in [-0.3, -0.25) is 0 Å². The van der Waals surface area contributed by atoms with E-state index in [2.05, 4.69) is 17.2 Å². The second-order valence-electron chi connectivity index (χ2n) is 5.32. The largest absolute Gasteiger partial charge is 0.478 e. The minimum atomic E-state index is -0.893. The third kappa shape index (κ3) is 3.94. The van der Waals surface area contributed by atoms with Crippen LogP contribution in [0.5, 0.6) is 0 Å². The summed E-state index contributed by atoms with van der Waals surface area (Å²) in [6.07, 6.45) is 5.62. The highest BCUT2D eigenvalue weighted by molar-refractivity contribution is 5.88. The molecule has 1 fully saturated rings. The summed E-state index contributed by atoms with van der Waals surface area (Å²) in [5, 5.41) is 12.5. The highest BCUT2D eigenvalue weighted by Crippen LogP contribution is 2.34. The first-order valence-corrected chi connectivity index (χ1v) is 7.13. The van der Waals surface area contributed by atoms with E-state index in [4.69, 9.17) is 5.11 Å². The number of hydrogen-bond donors (Lipinski definition) is 2. The molecule has 1 saturated carbocycles. The van der Waals surface area contributed by atoms with Gasteiger partial charge in [0.25, 0.3) is 0 Å². The van der Waals surface area contributed by atoms with Gasteiger partial charge in [0.2, 0.25) is 0 Å². The monoisotopic (exact) mass is 262 g/mol. The Labute approximate surface area is 114 Å². The standard InChI is InChI=1S/C15H22N2O2/c1-3-12(7-10-5-6-10)16-14-9-11(15(18)19)8-13(4-2)17-14/h8-10,12H,3-7H2,1-2H3,(H,16,17)(H,18,19). The molecule has 0 radical (unpaired) electrons. The molecule has 1 unspecified atom stereocenters. The summed E-state index contributed by atoms with van der Waals surface area (Å²) in [7, 11) is 0. The van der Waals surface area contributed by atoms with Gasteiger partial charge in [0.15, 0.2) is 0 Å². The first-order chi connectivity index (χ1) is 9.12. The van der Waals surface area contributed by atoms with E-state index in [-0.39, 0.29) is 0 Å². The first kappa shape index (κ1) is 13.8. The number of aromatic nitrogens is 1. The average molecular weight is 262 g/mol. The number of aryl methyl sites for hydroxylation is 1. The van der Waals surface area contributed by atoms with Crippen molar-refractivity contribution in [3.8, 4) is 0 Å². The van der Waals surface area contributed by atoms with E-state index in [0.717, 1.165) is 30.9 Å². The fourth-order valence-corrected chi connectivity index (χ4v) is 2.26. The number of pyridine rings is 1. The van der Waals surface area contributed by atoms with Crippen LogP contribution in [0, 0.1) is 5.92 Å². The Morgan fingerprint density at radius 2 is 2.21 bits per heavy atom. The summed E-state index contributed by atoms with van der Waals surface area (Å²) in [6.45, 7) is 4.14. The highest BCUT2D eigenvalue weighted by Gasteiger charge is 2.25. The van der Waals surface area contributed by atoms with Crippen molar-refractivity contribution in [1.29, 1.82) is 0 Å². The smallest absolute Gasteiger partial charge is 0.335 e. The van der Waals surface area contributed by atoms with Crippen LogP contribution in [-0.2, 0) is 6.42 Å². The van der Waals surface area contributed by atoms with E-state index in [9.17, 15) is 4.79 Å². The van der Waals surface area contributed by atoms with Crippen molar-refractivity contribution in [2.45, 2.75) is 52.0 Å². The molecule has 2 N–H and O–H groups in total. The van der Waals surface area contributed by atoms with Gasteiger partial charge in [-0.25, -0.2) is 9.78 Å². The molecule has 1 aliphatic carbocycles. The Morgan fingerprint density at radius 3 is 2.74 bits per heavy atom. The topological polar surface area (TPSA) is 62.2 Å². The zero-order valence-corrected chi connectivity index (χ0v) is 11.6. The van der Waals surface area contributed by atoms with Crippen molar-refractivity contribution in [3.05, 3.63) is 23.4 Å². The molecule has 4 heteroatoms. The number of anilines is 1. The molecule has 4 nitrogen and oxygen atoms in total. The van der Waals surface area contributed by atoms with Crippen LogP contribution in [0.2, 0.25) is 0 Å². The quantitative estimate of drug-likeness (QED) is 0.791. The molecule has 1 aromatic rings. The predicted molar refractivity (Wildman–Crippen MR) is 75.6 cm³/mol. The number of carbonyl (C=O) groups is 1. The minimum Gasteiger partial charge on any atom is -0.478 e. The lowest BCUT2D eigenvalue weighted by Crippen LogP contribution is -2.20. The summed E-state index contributed by atoms with van der Waals surface area (Å²) in [6, 6.07) is 3.68. The number of nitrogens with zero attached hydrogens (tertiary/aromatic N) is 1. The summed E-state index contributed by atoms with van der Waals surface area (Å²) >= 11 is 0. The number of carboxylic acid groups (broad SMARTS) is 1. The fraction of sp³-hybridized carbons (Fsp3) is 0.600. The molecule has 1 aromatic heterocycles. The molecular formula is C15H22N2O2. The van der Waals surface area contributed by atoms with Gasteiger partial charge >= 0.3 is 5.97 Å². The molecule has 0 aliphatic heterocycles. The number of nitrogens with one attached hydrogen (secondary N) is 1. The Morgan fingerprint density at radius 1 is 1.47 bits per heavy atom. The van der Waals surface area contributed by atoms with Crippen LogP contribution in [0.4, 0.5) is 5.82 Å². The van der Waals surface area contributed by atoms with E-state index in [1.165, 1.54) is 12.8 Å². The number of rotatable bonds is 7. The van der Waals surface area contributed by atoms with Crippen molar-refractivity contribution in [2.75, 3.05) is 5.32 Å². The maximum Gasteiger partial charge on any atom is 0.335 e. The van der Waals surface area contributed by atoms with Crippen molar-refractivity contribution in [1.82, 2.24) is 4.98 Å². The predicted octanol–water partition coefficient (Wildman–Crippen LogP) is 3.33. The lowest BCUT2D eigenvalue weighted by atomic mass is 10.1. The van der Waals surface area contributed by atoms with Gasteiger partial charge in [-0.05, 0) is 37.3 Å². The Hall–Kier alpha value is -1.58. The Balaban J connectivity index is 2.12. The molecule has 0 bridgehead atoms. The normalized spacial score (nSPS) is 16.1. The number of carboxylic acids is 1. The summed E-state index contributed by atoms with van der Waals surface area (Å²) < 4.78 is 0. The van der Waals surface area contributed by atoms with Gasteiger partial charge in [0.05, 0.1) is 5.56 Å². The van der Waals surface area contributed by atoms with Gasteiger partial charge in [-0.2, -0.15) is 0 Å². The maximum atomic E-state index is 11.1. The molecule has 1 atom stereocenters. The Bertz CT molecular complexity index is 455. The fourth-order valence-electron chi connectivity index (χ4n) is 2.26. The molecule has 0 spiro atoms. The van der Waals surface area contributed by atoms with Gasteiger partial charge in [0, 0.05) is 11.7 Å². The maximum absolute atomic E-state index is 11.1. The molecule has 2 rings (SSSR count). The van der Waals surface area contributed by atoms with Gasteiger partial charge in [-0.1, -0.05) is 26.7 Å². The molecule has 1 heterocycles. The molecule has 0 amide bonds. The van der Waals surface area contributed by atoms with Crippen molar-refractivity contribution in [3.63, 3.8) is 0 Å². The summed E-state index contributed by atoms with van der Waals surface area (Å²) in [5.41, 5.74) is 1.14. The van der Waals surface area contributed by atoms with E-state index in [1.807, 2.05) is 6.92 Å². The molecule has 104 valence electrons. The SMILES string of the molecule is CCc1cc(C(=O)O)cc(NC(CC)CC2CC2)n1. The van der Waals surface area contributed by atoms with E-state index in [1.54, 1.807) is 12.1 Å². The van der Waals surface area contributed by atoms with E-state index >= 15 is 0 Å². The second-order valence-corrected chi connectivity index (χ2v) is 5.32. The molecule has 1 aliphatic rings.